The van der Waals surface area contributed by atoms with Crippen molar-refractivity contribution in [3.8, 4) is 23.0 Å². The van der Waals surface area contributed by atoms with E-state index in [-0.39, 0.29) is 11.7 Å². The molecule has 1 amide bonds. The number of methoxy groups -OCH3 is 4. The molecule has 0 aliphatic heterocycles. The monoisotopic (exact) mass is 397 g/mol. The van der Waals surface area contributed by atoms with Gasteiger partial charge in [-0.15, -0.1) is 0 Å². The minimum atomic E-state index is -0.366. The number of benzene rings is 2. The number of rotatable bonds is 8. The standard InChI is InChI=1S/C22H23NO6/c1-25-15-12-20(27-3)16(21(13-15)28-4)11-14-9-10-19(29-14)22(24)23-17-7-5-6-8-18(17)26-2/h5-10,12-13H,11H2,1-4H3,(H,23,24). The highest BCUT2D eigenvalue weighted by molar-refractivity contribution is 6.03. The second-order valence-corrected chi connectivity index (χ2v) is 6.11. The van der Waals surface area contributed by atoms with Crippen molar-refractivity contribution in [2.24, 2.45) is 0 Å². The van der Waals surface area contributed by atoms with Gasteiger partial charge in [0.25, 0.3) is 5.91 Å². The van der Waals surface area contributed by atoms with Gasteiger partial charge in [0.05, 0.1) is 34.1 Å². The van der Waals surface area contributed by atoms with Crippen LogP contribution < -0.4 is 24.3 Å². The molecule has 0 saturated heterocycles. The van der Waals surface area contributed by atoms with Gasteiger partial charge in [0.1, 0.15) is 28.8 Å². The van der Waals surface area contributed by atoms with Crippen LogP contribution in [0.2, 0.25) is 0 Å². The molecule has 0 unspecified atom stereocenters. The third-order valence-corrected chi connectivity index (χ3v) is 4.41. The van der Waals surface area contributed by atoms with Gasteiger partial charge in [-0.25, -0.2) is 0 Å². The lowest BCUT2D eigenvalue weighted by Crippen LogP contribution is -2.11. The molecule has 0 bridgehead atoms. The Morgan fingerprint density at radius 1 is 0.862 bits per heavy atom. The van der Waals surface area contributed by atoms with Gasteiger partial charge in [0, 0.05) is 24.1 Å². The first kappa shape index (κ1) is 20.1. The molecule has 0 fully saturated rings. The lowest BCUT2D eigenvalue weighted by atomic mass is 10.1. The second kappa shape index (κ2) is 9.05. The van der Waals surface area contributed by atoms with Crippen molar-refractivity contribution in [2.75, 3.05) is 33.8 Å². The van der Waals surface area contributed by atoms with Crippen LogP contribution in [0.5, 0.6) is 23.0 Å². The molecule has 152 valence electrons. The van der Waals surface area contributed by atoms with E-state index in [9.17, 15) is 4.79 Å². The highest BCUT2D eigenvalue weighted by Crippen LogP contribution is 2.36. The summed E-state index contributed by atoms with van der Waals surface area (Å²) in [6.45, 7) is 0. The molecule has 1 aromatic heterocycles. The molecule has 1 heterocycles. The smallest absolute Gasteiger partial charge is 0.291 e. The number of furan rings is 1. The van der Waals surface area contributed by atoms with Gasteiger partial charge in [-0.05, 0) is 24.3 Å². The Hall–Kier alpha value is -3.61. The third-order valence-electron chi connectivity index (χ3n) is 4.41. The zero-order valence-electron chi connectivity index (χ0n) is 16.8. The first-order valence-electron chi connectivity index (χ1n) is 8.91. The average molecular weight is 397 g/mol. The summed E-state index contributed by atoms with van der Waals surface area (Å²) in [6.07, 6.45) is 0.387. The summed E-state index contributed by atoms with van der Waals surface area (Å²) >= 11 is 0. The maximum atomic E-state index is 12.6. The van der Waals surface area contributed by atoms with E-state index in [0.717, 1.165) is 5.56 Å². The minimum absolute atomic E-state index is 0.192. The molecule has 0 atom stereocenters. The SMILES string of the molecule is COc1cc(OC)c(Cc2ccc(C(=O)Nc3ccccc3OC)o2)c(OC)c1. The zero-order valence-corrected chi connectivity index (χ0v) is 16.8. The summed E-state index contributed by atoms with van der Waals surface area (Å²) in [5.74, 6) is 2.83. The summed E-state index contributed by atoms with van der Waals surface area (Å²) in [7, 11) is 6.27. The lowest BCUT2D eigenvalue weighted by Gasteiger charge is -2.14. The molecule has 3 aromatic rings. The van der Waals surface area contributed by atoms with Gasteiger partial charge >= 0.3 is 0 Å². The topological polar surface area (TPSA) is 79.2 Å². The van der Waals surface area contributed by atoms with Crippen molar-refractivity contribution in [3.05, 3.63) is 65.6 Å². The summed E-state index contributed by atoms with van der Waals surface area (Å²) in [6, 6.07) is 14.1. The van der Waals surface area contributed by atoms with E-state index in [0.29, 0.717) is 40.9 Å². The van der Waals surface area contributed by atoms with Gasteiger partial charge in [-0.2, -0.15) is 0 Å². The lowest BCUT2D eigenvalue weighted by molar-refractivity contribution is 0.0994. The maximum absolute atomic E-state index is 12.6. The molecular weight excluding hydrogens is 374 g/mol. The van der Waals surface area contributed by atoms with Crippen LogP contribution in [0, 0.1) is 0 Å². The third kappa shape index (κ3) is 4.45. The normalized spacial score (nSPS) is 10.3. The van der Waals surface area contributed by atoms with Crippen molar-refractivity contribution < 1.29 is 28.2 Å². The summed E-state index contributed by atoms with van der Waals surface area (Å²) < 4.78 is 27.2. The molecule has 2 aromatic carbocycles. The molecule has 0 aliphatic rings. The van der Waals surface area contributed by atoms with Crippen molar-refractivity contribution >= 4 is 11.6 Å². The zero-order chi connectivity index (χ0) is 20.8. The first-order chi connectivity index (χ1) is 14.1. The van der Waals surface area contributed by atoms with Gasteiger partial charge in [0.2, 0.25) is 0 Å². The van der Waals surface area contributed by atoms with Crippen molar-refractivity contribution in [3.63, 3.8) is 0 Å². The minimum Gasteiger partial charge on any atom is -0.496 e. The molecule has 0 spiro atoms. The number of amides is 1. The Labute approximate surface area is 169 Å². The van der Waals surface area contributed by atoms with Crippen LogP contribution in [-0.2, 0) is 6.42 Å². The molecular formula is C22H23NO6. The largest absolute Gasteiger partial charge is 0.496 e. The molecule has 0 aliphatic carbocycles. The van der Waals surface area contributed by atoms with E-state index < -0.39 is 0 Å². The van der Waals surface area contributed by atoms with Crippen molar-refractivity contribution in [1.29, 1.82) is 0 Å². The molecule has 7 nitrogen and oxygen atoms in total. The highest BCUT2D eigenvalue weighted by Gasteiger charge is 2.18. The number of carbonyl (C=O) groups excluding carboxylic acids is 1. The van der Waals surface area contributed by atoms with Gasteiger partial charge < -0.3 is 28.7 Å². The number of anilines is 1. The van der Waals surface area contributed by atoms with Crippen LogP contribution >= 0.6 is 0 Å². The van der Waals surface area contributed by atoms with Gasteiger partial charge in [-0.3, -0.25) is 4.79 Å². The van der Waals surface area contributed by atoms with Gasteiger partial charge in [-0.1, -0.05) is 12.1 Å². The predicted octanol–water partition coefficient (Wildman–Crippen LogP) is 4.16. The van der Waals surface area contributed by atoms with Crippen LogP contribution in [0.25, 0.3) is 0 Å². The summed E-state index contributed by atoms with van der Waals surface area (Å²) in [5.41, 5.74) is 1.36. The van der Waals surface area contributed by atoms with Crippen LogP contribution in [0.3, 0.4) is 0 Å². The number of carbonyl (C=O) groups is 1. The van der Waals surface area contributed by atoms with E-state index in [1.54, 1.807) is 64.8 Å². The molecule has 7 heteroatoms. The fourth-order valence-corrected chi connectivity index (χ4v) is 2.95. The number of nitrogens with one attached hydrogen (secondary N) is 1. The summed E-state index contributed by atoms with van der Waals surface area (Å²) in [4.78, 5) is 12.6. The molecule has 29 heavy (non-hydrogen) atoms. The van der Waals surface area contributed by atoms with E-state index in [2.05, 4.69) is 5.32 Å². The molecule has 0 radical (unpaired) electrons. The average Bonchev–Trinajstić information content (AvgIpc) is 3.23. The Bertz CT molecular complexity index is 969. The summed E-state index contributed by atoms with van der Waals surface area (Å²) in [5, 5.41) is 2.79. The van der Waals surface area contributed by atoms with Crippen molar-refractivity contribution in [1.82, 2.24) is 0 Å². The fourth-order valence-electron chi connectivity index (χ4n) is 2.95. The fraction of sp³-hybridized carbons (Fsp3) is 0.227. The van der Waals surface area contributed by atoms with E-state index in [1.807, 2.05) is 12.1 Å². The van der Waals surface area contributed by atoms with E-state index in [1.165, 1.54) is 0 Å². The molecule has 3 rings (SSSR count). The van der Waals surface area contributed by atoms with Gasteiger partial charge in [0.15, 0.2) is 5.76 Å². The van der Waals surface area contributed by atoms with Crippen LogP contribution in [0.1, 0.15) is 21.9 Å². The van der Waals surface area contributed by atoms with Crippen LogP contribution in [0.15, 0.2) is 52.9 Å². The number of ether oxygens (including phenoxy) is 4. The Morgan fingerprint density at radius 3 is 2.14 bits per heavy atom. The number of para-hydroxylation sites is 2. The van der Waals surface area contributed by atoms with E-state index in [4.69, 9.17) is 23.4 Å². The maximum Gasteiger partial charge on any atom is 0.291 e. The quantitative estimate of drug-likeness (QED) is 0.615. The molecule has 0 saturated carbocycles. The molecule has 1 N–H and O–H groups in total. The Kier molecular flexibility index (Phi) is 6.29. The predicted molar refractivity (Wildman–Crippen MR) is 109 cm³/mol. The highest BCUT2D eigenvalue weighted by atomic mass is 16.5. The number of hydrogen-bond donors (Lipinski definition) is 1. The second-order valence-electron chi connectivity index (χ2n) is 6.11. The Morgan fingerprint density at radius 2 is 1.52 bits per heavy atom. The first-order valence-corrected chi connectivity index (χ1v) is 8.91. The van der Waals surface area contributed by atoms with Crippen LogP contribution in [-0.4, -0.2) is 34.3 Å². The van der Waals surface area contributed by atoms with E-state index >= 15 is 0 Å². The number of hydrogen-bond acceptors (Lipinski definition) is 6. The van der Waals surface area contributed by atoms with Crippen LogP contribution in [0.4, 0.5) is 5.69 Å². The Balaban J connectivity index is 1.81. The van der Waals surface area contributed by atoms with Crippen molar-refractivity contribution in [2.45, 2.75) is 6.42 Å².